The van der Waals surface area contributed by atoms with Gasteiger partial charge in [0.05, 0.1) is 33.0 Å². The van der Waals surface area contributed by atoms with Crippen molar-refractivity contribution in [2.24, 2.45) is 0 Å². The van der Waals surface area contributed by atoms with E-state index in [1.54, 1.807) is 7.11 Å². The second-order valence-corrected chi connectivity index (χ2v) is 3.54. The molecule has 0 aromatic carbocycles. The van der Waals surface area contributed by atoms with E-state index in [2.05, 4.69) is 5.32 Å². The van der Waals surface area contributed by atoms with E-state index >= 15 is 0 Å². The van der Waals surface area contributed by atoms with Crippen LogP contribution in [0.25, 0.3) is 0 Å². The van der Waals surface area contributed by atoms with Crippen LogP contribution < -0.4 is 5.32 Å². The van der Waals surface area contributed by atoms with Crippen LogP contribution in [0, 0.1) is 0 Å². The van der Waals surface area contributed by atoms with Crippen molar-refractivity contribution in [3.8, 4) is 0 Å². The van der Waals surface area contributed by atoms with E-state index in [-0.39, 0.29) is 0 Å². The third-order valence-electron chi connectivity index (χ3n) is 1.77. The number of hydrogen-bond acceptors (Lipinski definition) is 4. The average Bonchev–Trinajstić information content (AvgIpc) is 2.26. The van der Waals surface area contributed by atoms with Gasteiger partial charge in [0.2, 0.25) is 0 Å². The highest BCUT2D eigenvalue weighted by atomic mass is 35.5. The lowest BCUT2D eigenvalue weighted by molar-refractivity contribution is 0.0253. The minimum absolute atomic E-state index is 0.341. The van der Waals surface area contributed by atoms with Crippen LogP contribution in [-0.4, -0.2) is 58.6 Å². The van der Waals surface area contributed by atoms with Gasteiger partial charge in [-0.15, -0.1) is 11.6 Å². The molecule has 0 radical (unpaired) electrons. The number of methoxy groups -OCH3 is 1. The van der Waals surface area contributed by atoms with Gasteiger partial charge in [0.15, 0.2) is 0 Å². The van der Waals surface area contributed by atoms with Gasteiger partial charge >= 0.3 is 0 Å². The second kappa shape index (κ2) is 12.2. The minimum Gasteiger partial charge on any atom is -0.382 e. The Bertz CT molecular complexity index is 127. The zero-order chi connectivity index (χ0) is 11.4. The quantitative estimate of drug-likeness (QED) is 0.429. The van der Waals surface area contributed by atoms with E-state index < -0.39 is 0 Å². The number of halogens is 1. The third-order valence-corrected chi connectivity index (χ3v) is 2.24. The Kier molecular flexibility index (Phi) is 12.3. The fraction of sp³-hybridized carbons (Fsp3) is 1.00. The van der Waals surface area contributed by atoms with E-state index in [1.165, 1.54) is 0 Å². The van der Waals surface area contributed by atoms with Crippen molar-refractivity contribution in [1.82, 2.24) is 5.32 Å². The Hall–Kier alpha value is 0.130. The van der Waals surface area contributed by atoms with Gasteiger partial charge in [-0.2, -0.15) is 0 Å². The summed E-state index contributed by atoms with van der Waals surface area (Å²) in [7, 11) is 1.66. The maximum Gasteiger partial charge on any atom is 0.0701 e. The maximum absolute atomic E-state index is 5.63. The Balaban J connectivity index is 2.92. The van der Waals surface area contributed by atoms with Crippen molar-refractivity contribution in [3.63, 3.8) is 0 Å². The maximum atomic E-state index is 5.63. The molecular weight excluding hydrogens is 218 g/mol. The third kappa shape index (κ3) is 12.1. The Labute approximate surface area is 97.2 Å². The molecule has 0 spiro atoms. The van der Waals surface area contributed by atoms with Crippen molar-refractivity contribution < 1.29 is 14.2 Å². The predicted octanol–water partition coefficient (Wildman–Crippen LogP) is 0.883. The molecule has 0 saturated carbocycles. The van der Waals surface area contributed by atoms with Gasteiger partial charge in [-0.1, -0.05) is 0 Å². The van der Waals surface area contributed by atoms with E-state index in [9.17, 15) is 0 Å². The molecule has 0 aliphatic heterocycles. The molecule has 0 amide bonds. The molecular formula is C10H22ClNO3. The zero-order valence-electron chi connectivity index (χ0n) is 9.63. The van der Waals surface area contributed by atoms with Crippen LogP contribution in [0.15, 0.2) is 0 Å². The van der Waals surface area contributed by atoms with Crippen LogP contribution in [-0.2, 0) is 14.2 Å². The molecule has 0 heterocycles. The van der Waals surface area contributed by atoms with Gasteiger partial charge in [-0.3, -0.25) is 0 Å². The van der Waals surface area contributed by atoms with Crippen molar-refractivity contribution in [2.45, 2.75) is 13.0 Å². The summed E-state index contributed by atoms with van der Waals surface area (Å²) in [6.45, 7) is 6.06. The summed E-state index contributed by atoms with van der Waals surface area (Å²) in [5.41, 5.74) is 0. The highest BCUT2D eigenvalue weighted by Gasteiger charge is 1.96. The molecule has 0 rings (SSSR count). The minimum atomic E-state index is 0.341. The molecule has 4 nitrogen and oxygen atoms in total. The van der Waals surface area contributed by atoms with Gasteiger partial charge in [0.25, 0.3) is 0 Å². The number of hydrogen-bond donors (Lipinski definition) is 1. The highest BCUT2D eigenvalue weighted by molar-refractivity contribution is 6.18. The van der Waals surface area contributed by atoms with Crippen LogP contribution in [0.4, 0.5) is 0 Å². The predicted molar refractivity (Wildman–Crippen MR) is 61.7 cm³/mol. The molecule has 5 heteroatoms. The molecule has 1 atom stereocenters. The Morgan fingerprint density at radius 2 is 1.67 bits per heavy atom. The van der Waals surface area contributed by atoms with E-state index in [1.807, 2.05) is 6.92 Å². The van der Waals surface area contributed by atoms with Crippen LogP contribution in [0.2, 0.25) is 0 Å². The lowest BCUT2D eigenvalue weighted by Crippen LogP contribution is -2.30. The van der Waals surface area contributed by atoms with Crippen LogP contribution in [0.5, 0.6) is 0 Å². The number of rotatable bonds is 11. The van der Waals surface area contributed by atoms with Gasteiger partial charge in [-0.05, 0) is 6.92 Å². The number of ether oxygens (including phenoxy) is 3. The second-order valence-electron chi connectivity index (χ2n) is 3.23. The summed E-state index contributed by atoms with van der Waals surface area (Å²) in [4.78, 5) is 0. The van der Waals surface area contributed by atoms with Gasteiger partial charge in [0.1, 0.15) is 0 Å². The fourth-order valence-electron chi connectivity index (χ4n) is 0.896. The first-order valence-electron chi connectivity index (χ1n) is 5.25. The molecule has 0 saturated heterocycles. The average molecular weight is 240 g/mol. The summed E-state index contributed by atoms with van der Waals surface area (Å²) in [6, 6.07) is 0.341. The standard InChI is InChI=1S/C10H22ClNO3/c1-10(9-11)12-3-4-14-7-8-15-6-5-13-2/h10,12H,3-9H2,1-2H3. The van der Waals surface area contributed by atoms with E-state index in [0.29, 0.717) is 45.0 Å². The molecule has 0 aromatic rings. The molecule has 0 bridgehead atoms. The largest absolute Gasteiger partial charge is 0.382 e. The normalized spacial score (nSPS) is 13.0. The molecule has 0 aromatic heterocycles. The van der Waals surface area contributed by atoms with E-state index in [4.69, 9.17) is 25.8 Å². The summed E-state index contributed by atoms with van der Waals surface area (Å²) < 4.78 is 15.4. The van der Waals surface area contributed by atoms with Crippen molar-refractivity contribution in [2.75, 3.05) is 52.6 Å². The summed E-state index contributed by atoms with van der Waals surface area (Å²) >= 11 is 5.63. The number of nitrogens with one attached hydrogen (secondary N) is 1. The smallest absolute Gasteiger partial charge is 0.0701 e. The zero-order valence-corrected chi connectivity index (χ0v) is 10.4. The topological polar surface area (TPSA) is 39.7 Å². The van der Waals surface area contributed by atoms with E-state index in [0.717, 1.165) is 6.54 Å². The molecule has 15 heavy (non-hydrogen) atoms. The van der Waals surface area contributed by atoms with Crippen LogP contribution >= 0.6 is 11.6 Å². The fourth-order valence-corrected chi connectivity index (χ4v) is 1.01. The monoisotopic (exact) mass is 239 g/mol. The molecule has 0 fully saturated rings. The SMILES string of the molecule is COCCOCCOCCNC(C)CCl. The molecule has 0 aliphatic carbocycles. The summed E-state index contributed by atoms with van der Waals surface area (Å²) in [5, 5.41) is 3.23. The van der Waals surface area contributed by atoms with Crippen molar-refractivity contribution in [1.29, 1.82) is 0 Å². The highest BCUT2D eigenvalue weighted by Crippen LogP contribution is 1.85. The van der Waals surface area contributed by atoms with Crippen molar-refractivity contribution in [3.05, 3.63) is 0 Å². The Morgan fingerprint density at radius 3 is 2.27 bits per heavy atom. The van der Waals surface area contributed by atoms with Crippen molar-refractivity contribution >= 4 is 11.6 Å². The van der Waals surface area contributed by atoms with Gasteiger partial charge in [-0.25, -0.2) is 0 Å². The summed E-state index contributed by atoms with van der Waals surface area (Å²) in [6.07, 6.45) is 0. The van der Waals surface area contributed by atoms with Gasteiger partial charge < -0.3 is 19.5 Å². The number of alkyl halides is 1. The van der Waals surface area contributed by atoms with Gasteiger partial charge in [0, 0.05) is 25.6 Å². The first-order chi connectivity index (χ1) is 7.31. The Morgan fingerprint density at radius 1 is 1.07 bits per heavy atom. The lowest BCUT2D eigenvalue weighted by Gasteiger charge is -2.10. The lowest BCUT2D eigenvalue weighted by atomic mass is 10.4. The van der Waals surface area contributed by atoms with Crippen LogP contribution in [0.1, 0.15) is 6.92 Å². The molecule has 1 unspecified atom stereocenters. The first-order valence-corrected chi connectivity index (χ1v) is 5.78. The molecule has 92 valence electrons. The van der Waals surface area contributed by atoms with Crippen LogP contribution in [0.3, 0.4) is 0 Å². The summed E-state index contributed by atoms with van der Waals surface area (Å²) in [5.74, 6) is 0.625. The molecule has 1 N–H and O–H groups in total. The molecule has 0 aliphatic rings. The first kappa shape index (κ1) is 15.1.